The molecule has 3 heterocycles. The van der Waals surface area contributed by atoms with Gasteiger partial charge in [-0.1, -0.05) is 19.1 Å². The van der Waals surface area contributed by atoms with Crippen molar-refractivity contribution >= 4 is 34.3 Å². The number of nitrogens with zero attached hydrogens (tertiary/aromatic N) is 4. The van der Waals surface area contributed by atoms with Gasteiger partial charge in [-0.05, 0) is 23.8 Å². The zero-order chi connectivity index (χ0) is 18.1. The van der Waals surface area contributed by atoms with Gasteiger partial charge in [0.05, 0.1) is 16.4 Å². The predicted molar refractivity (Wildman–Crippen MR) is 99.1 cm³/mol. The van der Waals surface area contributed by atoms with Gasteiger partial charge in [0, 0.05) is 29.0 Å². The van der Waals surface area contributed by atoms with Gasteiger partial charge in [-0.25, -0.2) is 4.98 Å². The molecule has 0 amide bonds. The molecule has 8 nitrogen and oxygen atoms in total. The minimum atomic E-state index is -0.986. The monoisotopic (exact) mass is 368 g/mol. The van der Waals surface area contributed by atoms with Crippen LogP contribution in [0.2, 0.25) is 0 Å². The first-order chi connectivity index (χ1) is 12.6. The van der Waals surface area contributed by atoms with Crippen LogP contribution in [-0.4, -0.2) is 30.1 Å². The molecule has 3 aromatic rings. The maximum absolute atomic E-state index is 12.0. The van der Waals surface area contributed by atoms with Crippen LogP contribution < -0.4 is 11.1 Å². The van der Waals surface area contributed by atoms with E-state index in [0.717, 1.165) is 16.1 Å². The summed E-state index contributed by atoms with van der Waals surface area (Å²) in [5.74, 6) is 1.97. The molecule has 1 unspecified atom stereocenters. The predicted octanol–water partition coefficient (Wildman–Crippen LogP) is 2.55. The van der Waals surface area contributed by atoms with E-state index < -0.39 is 10.8 Å². The lowest BCUT2D eigenvalue weighted by atomic mass is 10.2. The number of fused-ring (bicyclic) bond motifs is 1. The second-order valence-electron chi connectivity index (χ2n) is 5.64. The minimum absolute atomic E-state index is 0.243. The van der Waals surface area contributed by atoms with Crippen molar-refractivity contribution in [2.24, 2.45) is 0 Å². The smallest absolute Gasteiger partial charge is 0.253 e. The van der Waals surface area contributed by atoms with Gasteiger partial charge in [0.1, 0.15) is 5.82 Å². The van der Waals surface area contributed by atoms with Crippen LogP contribution in [0, 0.1) is 0 Å². The first kappa shape index (κ1) is 16.4. The third kappa shape index (κ3) is 3.08. The molecule has 1 aliphatic rings. The highest BCUT2D eigenvalue weighted by molar-refractivity contribution is 7.85. The molecule has 0 saturated carbocycles. The van der Waals surface area contributed by atoms with Crippen molar-refractivity contribution < 1.29 is 8.63 Å². The van der Waals surface area contributed by atoms with E-state index in [-0.39, 0.29) is 5.82 Å². The standard InChI is InChI=1S/C17H16N6O2S/c1-2-14-22-23-16(25-14)12-9-19-17(21-15(12)18)20-11-5-6-13-10(8-11)4-3-7-26(13)24/h3-6,8-9H,2,7H2,1H3,(H3,18,19,20,21). The molecule has 0 bridgehead atoms. The number of nitrogen functional groups attached to an aromatic ring is 1. The van der Waals surface area contributed by atoms with Crippen molar-refractivity contribution in [1.82, 2.24) is 20.2 Å². The largest absolute Gasteiger partial charge is 0.421 e. The van der Waals surface area contributed by atoms with Gasteiger partial charge >= 0.3 is 0 Å². The van der Waals surface area contributed by atoms with Crippen molar-refractivity contribution in [3.05, 3.63) is 41.9 Å². The number of nitrogens with one attached hydrogen (secondary N) is 1. The van der Waals surface area contributed by atoms with Crippen LogP contribution in [0.25, 0.3) is 17.5 Å². The van der Waals surface area contributed by atoms with E-state index >= 15 is 0 Å². The molecule has 0 saturated heterocycles. The first-order valence-electron chi connectivity index (χ1n) is 8.05. The molecule has 9 heteroatoms. The third-order valence-corrected chi connectivity index (χ3v) is 5.23. The molecule has 1 aromatic carbocycles. The molecule has 1 atom stereocenters. The fraction of sp³-hybridized carbons (Fsp3) is 0.176. The lowest BCUT2D eigenvalue weighted by Crippen LogP contribution is -2.05. The Morgan fingerprint density at radius 2 is 2.23 bits per heavy atom. The summed E-state index contributed by atoms with van der Waals surface area (Å²) < 4.78 is 17.5. The van der Waals surface area contributed by atoms with E-state index in [1.807, 2.05) is 37.3 Å². The van der Waals surface area contributed by atoms with Gasteiger partial charge < -0.3 is 15.5 Å². The number of benzene rings is 1. The van der Waals surface area contributed by atoms with E-state index in [0.29, 0.717) is 35.5 Å². The number of hydrogen-bond acceptors (Lipinski definition) is 8. The van der Waals surface area contributed by atoms with Gasteiger partial charge in [-0.3, -0.25) is 4.21 Å². The fourth-order valence-corrected chi connectivity index (χ4v) is 3.63. The molecule has 0 radical (unpaired) electrons. The van der Waals surface area contributed by atoms with E-state index in [1.165, 1.54) is 0 Å². The molecule has 0 fully saturated rings. The summed E-state index contributed by atoms with van der Waals surface area (Å²) in [5, 5.41) is 11.0. The molecule has 1 aliphatic heterocycles. The van der Waals surface area contributed by atoms with Crippen molar-refractivity contribution in [2.45, 2.75) is 18.2 Å². The zero-order valence-corrected chi connectivity index (χ0v) is 14.8. The Kier molecular flexibility index (Phi) is 4.21. The Hall–Kier alpha value is -3.07. The lowest BCUT2D eigenvalue weighted by molar-refractivity contribution is 0.512. The summed E-state index contributed by atoms with van der Waals surface area (Å²) in [6.07, 6.45) is 6.05. The number of rotatable bonds is 4. The Bertz CT molecular complexity index is 1030. The van der Waals surface area contributed by atoms with Crippen LogP contribution in [0.3, 0.4) is 0 Å². The fourth-order valence-electron chi connectivity index (χ4n) is 2.57. The van der Waals surface area contributed by atoms with Crippen LogP contribution in [-0.2, 0) is 17.2 Å². The van der Waals surface area contributed by atoms with Gasteiger partial charge in [-0.2, -0.15) is 4.98 Å². The Morgan fingerprint density at radius 1 is 1.35 bits per heavy atom. The van der Waals surface area contributed by atoms with Gasteiger partial charge in [0.2, 0.25) is 11.8 Å². The second kappa shape index (κ2) is 6.68. The average molecular weight is 368 g/mol. The van der Waals surface area contributed by atoms with E-state index in [1.54, 1.807) is 6.20 Å². The Labute approximate surface area is 152 Å². The third-order valence-electron chi connectivity index (χ3n) is 3.87. The Balaban J connectivity index is 1.59. The molecule has 4 rings (SSSR count). The highest BCUT2D eigenvalue weighted by atomic mass is 32.2. The molecule has 132 valence electrons. The van der Waals surface area contributed by atoms with Crippen molar-refractivity contribution in [3.63, 3.8) is 0 Å². The van der Waals surface area contributed by atoms with Crippen LogP contribution >= 0.6 is 0 Å². The van der Waals surface area contributed by atoms with Crippen LogP contribution in [0.1, 0.15) is 18.4 Å². The molecular weight excluding hydrogens is 352 g/mol. The number of anilines is 3. The van der Waals surface area contributed by atoms with E-state index in [4.69, 9.17) is 10.2 Å². The first-order valence-corrected chi connectivity index (χ1v) is 9.37. The summed E-state index contributed by atoms with van der Waals surface area (Å²) in [4.78, 5) is 9.35. The normalized spacial score (nSPS) is 15.7. The van der Waals surface area contributed by atoms with Crippen LogP contribution in [0.15, 0.2) is 39.8 Å². The number of nitrogens with two attached hydrogens (primary N) is 1. The van der Waals surface area contributed by atoms with E-state index in [2.05, 4.69) is 25.5 Å². The zero-order valence-electron chi connectivity index (χ0n) is 14.0. The van der Waals surface area contributed by atoms with Crippen LogP contribution in [0.4, 0.5) is 17.5 Å². The van der Waals surface area contributed by atoms with Crippen molar-refractivity contribution in [3.8, 4) is 11.5 Å². The Morgan fingerprint density at radius 3 is 3.00 bits per heavy atom. The highest BCUT2D eigenvalue weighted by Crippen LogP contribution is 2.27. The summed E-state index contributed by atoms with van der Waals surface area (Å²) in [5.41, 5.74) is 8.21. The van der Waals surface area contributed by atoms with Gasteiger partial charge in [-0.15, -0.1) is 10.2 Å². The SMILES string of the molecule is CCc1nnc(-c2cnc(Nc3ccc4c(c3)C=CCS4=O)nc2N)o1. The maximum atomic E-state index is 12.0. The molecule has 3 N–H and O–H groups in total. The summed E-state index contributed by atoms with van der Waals surface area (Å²) in [6, 6.07) is 5.59. The molecule has 26 heavy (non-hydrogen) atoms. The van der Waals surface area contributed by atoms with E-state index in [9.17, 15) is 4.21 Å². The molecule has 0 spiro atoms. The molecule has 2 aromatic heterocycles. The summed E-state index contributed by atoms with van der Waals surface area (Å²) in [6.45, 7) is 1.92. The molecule has 0 aliphatic carbocycles. The van der Waals surface area contributed by atoms with Gasteiger partial charge in [0.15, 0.2) is 0 Å². The highest BCUT2D eigenvalue weighted by Gasteiger charge is 2.15. The second-order valence-corrected chi connectivity index (χ2v) is 7.10. The maximum Gasteiger partial charge on any atom is 0.253 e. The summed E-state index contributed by atoms with van der Waals surface area (Å²) in [7, 11) is -0.986. The molecular formula is C17H16N6O2S. The lowest BCUT2D eigenvalue weighted by Gasteiger charge is -2.12. The number of aromatic nitrogens is 4. The van der Waals surface area contributed by atoms with Crippen molar-refractivity contribution in [1.29, 1.82) is 0 Å². The average Bonchev–Trinajstić information content (AvgIpc) is 3.11. The van der Waals surface area contributed by atoms with Crippen LogP contribution in [0.5, 0.6) is 0 Å². The number of aryl methyl sites for hydroxylation is 1. The topological polar surface area (TPSA) is 120 Å². The summed E-state index contributed by atoms with van der Waals surface area (Å²) >= 11 is 0. The van der Waals surface area contributed by atoms with Crippen molar-refractivity contribution in [2.75, 3.05) is 16.8 Å². The quantitative estimate of drug-likeness (QED) is 0.721. The van der Waals surface area contributed by atoms with Gasteiger partial charge in [0.25, 0.3) is 5.89 Å². The number of hydrogen-bond donors (Lipinski definition) is 2. The minimum Gasteiger partial charge on any atom is -0.421 e.